The Kier molecular flexibility index (Phi) is 4.79. The van der Waals surface area contributed by atoms with Crippen LogP contribution in [-0.2, 0) is 13.0 Å². The van der Waals surface area contributed by atoms with E-state index in [4.69, 9.17) is 0 Å². The van der Waals surface area contributed by atoms with Gasteiger partial charge in [-0.3, -0.25) is 0 Å². The highest BCUT2D eigenvalue weighted by atomic mass is 15.4. The highest BCUT2D eigenvalue weighted by Gasteiger charge is 2.14. The third kappa shape index (κ3) is 3.05. The van der Waals surface area contributed by atoms with Crippen molar-refractivity contribution in [3.05, 3.63) is 11.4 Å². The molecule has 1 aromatic rings. The first-order valence-electron chi connectivity index (χ1n) is 6.12. The van der Waals surface area contributed by atoms with Crippen molar-refractivity contribution < 1.29 is 0 Å². The van der Waals surface area contributed by atoms with Gasteiger partial charge < -0.3 is 0 Å². The van der Waals surface area contributed by atoms with E-state index in [2.05, 4.69) is 42.7 Å². The fourth-order valence-electron chi connectivity index (χ4n) is 1.79. The van der Waals surface area contributed by atoms with E-state index in [1.165, 1.54) is 24.2 Å². The molecule has 86 valence electrons. The second kappa shape index (κ2) is 5.89. The second-order valence-corrected chi connectivity index (χ2v) is 4.40. The molecular weight excluding hydrogens is 186 g/mol. The van der Waals surface area contributed by atoms with E-state index in [1.54, 1.807) is 0 Å². The predicted molar refractivity (Wildman–Crippen MR) is 63.0 cm³/mol. The molecule has 1 aromatic heterocycles. The minimum atomic E-state index is 0.488. The Hall–Kier alpha value is -0.860. The van der Waals surface area contributed by atoms with Crippen molar-refractivity contribution in [1.82, 2.24) is 15.0 Å². The van der Waals surface area contributed by atoms with Crippen molar-refractivity contribution in [3.63, 3.8) is 0 Å². The fourth-order valence-corrected chi connectivity index (χ4v) is 1.79. The van der Waals surface area contributed by atoms with E-state index in [0.717, 1.165) is 19.4 Å². The van der Waals surface area contributed by atoms with E-state index in [-0.39, 0.29) is 0 Å². The van der Waals surface area contributed by atoms with Gasteiger partial charge in [-0.05, 0) is 25.2 Å². The van der Waals surface area contributed by atoms with Crippen LogP contribution in [0.5, 0.6) is 0 Å². The van der Waals surface area contributed by atoms with Crippen LogP contribution in [0.2, 0.25) is 0 Å². The van der Waals surface area contributed by atoms with Gasteiger partial charge in [-0.15, -0.1) is 5.10 Å². The summed E-state index contributed by atoms with van der Waals surface area (Å²) >= 11 is 0. The van der Waals surface area contributed by atoms with Crippen LogP contribution in [0, 0.1) is 0 Å². The van der Waals surface area contributed by atoms with Crippen LogP contribution in [0.15, 0.2) is 0 Å². The molecule has 0 aromatic carbocycles. The SMILES string of the molecule is CCCCc1c(C(C)C)nnn1CCC. The van der Waals surface area contributed by atoms with Crippen LogP contribution in [0.25, 0.3) is 0 Å². The Morgan fingerprint density at radius 1 is 1.20 bits per heavy atom. The third-order valence-electron chi connectivity index (χ3n) is 2.62. The summed E-state index contributed by atoms with van der Waals surface area (Å²) in [6, 6.07) is 0. The van der Waals surface area contributed by atoms with Crippen molar-refractivity contribution in [2.24, 2.45) is 0 Å². The molecule has 0 aliphatic rings. The molecule has 0 saturated heterocycles. The summed E-state index contributed by atoms with van der Waals surface area (Å²) in [5, 5.41) is 8.55. The average molecular weight is 209 g/mol. The van der Waals surface area contributed by atoms with Crippen molar-refractivity contribution >= 4 is 0 Å². The van der Waals surface area contributed by atoms with Gasteiger partial charge in [0.25, 0.3) is 0 Å². The van der Waals surface area contributed by atoms with Crippen molar-refractivity contribution in [1.29, 1.82) is 0 Å². The van der Waals surface area contributed by atoms with Gasteiger partial charge in [0.05, 0.1) is 11.4 Å². The maximum atomic E-state index is 4.30. The Bertz CT molecular complexity index is 289. The van der Waals surface area contributed by atoms with E-state index in [9.17, 15) is 0 Å². The molecule has 0 aliphatic carbocycles. The Morgan fingerprint density at radius 3 is 2.47 bits per heavy atom. The first-order valence-corrected chi connectivity index (χ1v) is 6.12. The zero-order chi connectivity index (χ0) is 11.3. The van der Waals surface area contributed by atoms with Gasteiger partial charge in [-0.1, -0.05) is 39.3 Å². The lowest BCUT2D eigenvalue weighted by atomic mass is 10.0. The maximum Gasteiger partial charge on any atom is 0.0884 e. The fraction of sp³-hybridized carbons (Fsp3) is 0.833. The molecule has 0 N–H and O–H groups in total. The summed E-state index contributed by atoms with van der Waals surface area (Å²) in [5.41, 5.74) is 2.55. The summed E-state index contributed by atoms with van der Waals surface area (Å²) in [5.74, 6) is 0.488. The monoisotopic (exact) mass is 209 g/mol. The van der Waals surface area contributed by atoms with Crippen LogP contribution in [0.4, 0.5) is 0 Å². The minimum absolute atomic E-state index is 0.488. The van der Waals surface area contributed by atoms with E-state index in [0.29, 0.717) is 5.92 Å². The topological polar surface area (TPSA) is 30.7 Å². The van der Waals surface area contributed by atoms with Gasteiger partial charge in [0.2, 0.25) is 0 Å². The quantitative estimate of drug-likeness (QED) is 0.720. The smallest absolute Gasteiger partial charge is 0.0884 e. The Labute approximate surface area is 92.9 Å². The normalized spacial score (nSPS) is 11.3. The van der Waals surface area contributed by atoms with Crippen molar-refractivity contribution in [3.8, 4) is 0 Å². The number of aryl methyl sites for hydroxylation is 1. The van der Waals surface area contributed by atoms with Crippen LogP contribution in [0.3, 0.4) is 0 Å². The molecule has 0 atom stereocenters. The van der Waals surface area contributed by atoms with E-state index >= 15 is 0 Å². The number of nitrogens with zero attached hydrogens (tertiary/aromatic N) is 3. The van der Waals surface area contributed by atoms with Gasteiger partial charge in [0, 0.05) is 6.54 Å². The summed E-state index contributed by atoms with van der Waals surface area (Å²) in [7, 11) is 0. The number of aromatic nitrogens is 3. The molecular formula is C12H23N3. The van der Waals surface area contributed by atoms with Crippen LogP contribution in [0.1, 0.15) is 64.3 Å². The molecule has 3 nitrogen and oxygen atoms in total. The first-order chi connectivity index (χ1) is 7.20. The summed E-state index contributed by atoms with van der Waals surface area (Å²) < 4.78 is 2.09. The lowest BCUT2D eigenvalue weighted by Crippen LogP contribution is -2.06. The maximum absolute atomic E-state index is 4.30. The summed E-state index contributed by atoms with van der Waals surface area (Å²) in [4.78, 5) is 0. The molecule has 0 spiro atoms. The first kappa shape index (κ1) is 12.2. The lowest BCUT2D eigenvalue weighted by molar-refractivity contribution is 0.548. The van der Waals surface area contributed by atoms with Crippen molar-refractivity contribution in [2.45, 2.75) is 65.8 Å². The molecule has 3 heteroatoms. The number of hydrogen-bond acceptors (Lipinski definition) is 2. The molecule has 0 unspecified atom stereocenters. The van der Waals surface area contributed by atoms with Crippen LogP contribution >= 0.6 is 0 Å². The molecule has 15 heavy (non-hydrogen) atoms. The van der Waals surface area contributed by atoms with E-state index in [1.807, 2.05) is 0 Å². The predicted octanol–water partition coefficient (Wildman–Crippen LogP) is 3.15. The molecule has 0 amide bonds. The van der Waals surface area contributed by atoms with Crippen LogP contribution < -0.4 is 0 Å². The van der Waals surface area contributed by atoms with Crippen molar-refractivity contribution in [2.75, 3.05) is 0 Å². The van der Waals surface area contributed by atoms with Gasteiger partial charge >= 0.3 is 0 Å². The molecule has 0 saturated carbocycles. The van der Waals surface area contributed by atoms with E-state index < -0.39 is 0 Å². The molecule has 1 rings (SSSR count). The minimum Gasteiger partial charge on any atom is -0.249 e. The molecule has 0 radical (unpaired) electrons. The molecule has 0 bridgehead atoms. The largest absolute Gasteiger partial charge is 0.249 e. The van der Waals surface area contributed by atoms with Crippen LogP contribution in [-0.4, -0.2) is 15.0 Å². The number of hydrogen-bond donors (Lipinski definition) is 0. The third-order valence-corrected chi connectivity index (χ3v) is 2.62. The Morgan fingerprint density at radius 2 is 1.93 bits per heavy atom. The average Bonchev–Trinajstić information content (AvgIpc) is 2.59. The second-order valence-electron chi connectivity index (χ2n) is 4.40. The molecule has 0 aliphatic heterocycles. The lowest BCUT2D eigenvalue weighted by Gasteiger charge is -2.08. The van der Waals surface area contributed by atoms with Gasteiger partial charge in [-0.25, -0.2) is 4.68 Å². The summed E-state index contributed by atoms with van der Waals surface area (Å²) in [6.45, 7) is 9.79. The molecule has 1 heterocycles. The zero-order valence-electron chi connectivity index (χ0n) is 10.5. The molecule has 0 fully saturated rings. The summed E-state index contributed by atoms with van der Waals surface area (Å²) in [6.07, 6.45) is 4.71. The number of unbranched alkanes of at least 4 members (excludes halogenated alkanes) is 1. The standard InChI is InChI=1S/C12H23N3/c1-5-7-8-11-12(10(3)4)13-14-15(11)9-6-2/h10H,5-9H2,1-4H3. The highest BCUT2D eigenvalue weighted by molar-refractivity contribution is 5.14. The van der Waals surface area contributed by atoms with Gasteiger partial charge in [-0.2, -0.15) is 0 Å². The Balaban J connectivity index is 2.86. The highest BCUT2D eigenvalue weighted by Crippen LogP contribution is 2.18. The van der Waals surface area contributed by atoms with Gasteiger partial charge in [0.1, 0.15) is 0 Å². The zero-order valence-corrected chi connectivity index (χ0v) is 10.5. The van der Waals surface area contributed by atoms with Gasteiger partial charge in [0.15, 0.2) is 0 Å². The number of rotatable bonds is 6.